The van der Waals surface area contributed by atoms with E-state index in [1.54, 1.807) is 27.5 Å². The number of methoxy groups -OCH3 is 3. The summed E-state index contributed by atoms with van der Waals surface area (Å²) in [5.41, 5.74) is 1.86. The normalized spacial score (nSPS) is 21.7. The van der Waals surface area contributed by atoms with Crippen LogP contribution >= 0.6 is 0 Å². The summed E-state index contributed by atoms with van der Waals surface area (Å²) in [6.07, 6.45) is 7.33. The molecule has 4 heteroatoms. The molecular weight excluding hydrogens is 194 g/mol. The van der Waals surface area contributed by atoms with Crippen LogP contribution in [0, 0.1) is 0 Å². The highest BCUT2D eigenvalue weighted by Gasteiger charge is 2.38. The Labute approximate surface area is 88.5 Å². The third-order valence-electron chi connectivity index (χ3n) is 2.55. The molecule has 4 nitrogen and oxygen atoms in total. The van der Waals surface area contributed by atoms with Gasteiger partial charge >= 0.3 is 0 Å². The van der Waals surface area contributed by atoms with Crippen LogP contribution in [0.4, 0.5) is 0 Å². The number of hydrogen-bond acceptors (Lipinski definition) is 4. The molecule has 1 aliphatic carbocycles. The molecular formula is C11H13NO3. The molecule has 80 valence electrons. The van der Waals surface area contributed by atoms with Crippen molar-refractivity contribution in [3.63, 3.8) is 0 Å². The summed E-state index contributed by atoms with van der Waals surface area (Å²) in [5.74, 6) is -0.337. The number of fused-ring (bicyclic) bond motifs is 1. The number of rotatable bonds is 3. The second kappa shape index (κ2) is 3.64. The lowest BCUT2D eigenvalue weighted by Gasteiger charge is -2.31. The van der Waals surface area contributed by atoms with Gasteiger partial charge in [-0.15, -0.1) is 0 Å². The molecule has 0 bridgehead atoms. The summed E-state index contributed by atoms with van der Waals surface area (Å²) in [7, 11) is 4.74. The number of ether oxygens (including phenoxy) is 3. The first-order valence-corrected chi connectivity index (χ1v) is 4.60. The van der Waals surface area contributed by atoms with Gasteiger partial charge in [0.25, 0.3) is 0 Å². The van der Waals surface area contributed by atoms with Crippen molar-refractivity contribution in [3.05, 3.63) is 35.8 Å². The molecule has 0 atom stereocenters. The molecule has 0 saturated heterocycles. The van der Waals surface area contributed by atoms with E-state index >= 15 is 0 Å². The van der Waals surface area contributed by atoms with Crippen molar-refractivity contribution in [3.8, 4) is 0 Å². The predicted molar refractivity (Wildman–Crippen MR) is 56.5 cm³/mol. The van der Waals surface area contributed by atoms with Crippen molar-refractivity contribution < 1.29 is 14.2 Å². The first-order valence-electron chi connectivity index (χ1n) is 4.60. The van der Waals surface area contributed by atoms with Crippen LogP contribution in [0.25, 0.3) is 0 Å². The summed E-state index contributed by atoms with van der Waals surface area (Å²) in [5, 5.41) is 0. The second-order valence-corrected chi connectivity index (χ2v) is 3.22. The van der Waals surface area contributed by atoms with Crippen molar-refractivity contribution in [2.45, 2.75) is 5.79 Å². The molecule has 2 aliphatic rings. The molecule has 0 fully saturated rings. The van der Waals surface area contributed by atoms with Crippen molar-refractivity contribution in [2.24, 2.45) is 4.99 Å². The zero-order valence-corrected chi connectivity index (χ0v) is 8.98. The summed E-state index contributed by atoms with van der Waals surface area (Å²) in [6.45, 7) is 0. The maximum atomic E-state index is 5.36. The smallest absolute Gasteiger partial charge is 0.248 e. The van der Waals surface area contributed by atoms with Gasteiger partial charge in [0.1, 0.15) is 0 Å². The maximum Gasteiger partial charge on any atom is 0.248 e. The molecule has 0 aromatic rings. The number of allylic oxidation sites excluding steroid dienone is 3. The summed E-state index contributed by atoms with van der Waals surface area (Å²) >= 11 is 0. The van der Waals surface area contributed by atoms with Gasteiger partial charge in [-0.3, -0.25) is 4.99 Å². The maximum absolute atomic E-state index is 5.36. The molecule has 0 N–H and O–H groups in total. The minimum atomic E-state index is -0.933. The van der Waals surface area contributed by atoms with Crippen molar-refractivity contribution >= 4 is 5.71 Å². The SMILES string of the molecule is COC1=CC2=NC=CC2=CC1(OC)OC. The van der Waals surface area contributed by atoms with E-state index in [1.165, 1.54) is 0 Å². The Bertz CT molecular complexity index is 387. The average molecular weight is 207 g/mol. The third-order valence-corrected chi connectivity index (χ3v) is 2.55. The second-order valence-electron chi connectivity index (χ2n) is 3.22. The van der Waals surface area contributed by atoms with Gasteiger partial charge in [0.05, 0.1) is 12.8 Å². The Balaban J connectivity index is 2.47. The van der Waals surface area contributed by atoms with Crippen LogP contribution in [0.1, 0.15) is 0 Å². The highest BCUT2D eigenvalue weighted by atomic mass is 16.7. The Kier molecular flexibility index (Phi) is 2.46. The van der Waals surface area contributed by atoms with E-state index in [-0.39, 0.29) is 0 Å². The zero-order chi connectivity index (χ0) is 10.9. The molecule has 0 saturated carbocycles. The lowest BCUT2D eigenvalue weighted by Crippen LogP contribution is -2.37. The largest absolute Gasteiger partial charge is 0.495 e. The molecule has 0 aromatic carbocycles. The lowest BCUT2D eigenvalue weighted by molar-refractivity contribution is -0.165. The molecule has 0 radical (unpaired) electrons. The van der Waals surface area contributed by atoms with Gasteiger partial charge in [0.2, 0.25) is 5.79 Å². The Morgan fingerprint density at radius 3 is 2.53 bits per heavy atom. The van der Waals surface area contributed by atoms with E-state index in [0.29, 0.717) is 5.76 Å². The highest BCUT2D eigenvalue weighted by Crippen LogP contribution is 2.32. The van der Waals surface area contributed by atoms with Crippen LogP contribution in [0.2, 0.25) is 0 Å². The Hall–Kier alpha value is -1.39. The minimum Gasteiger partial charge on any atom is -0.495 e. The monoisotopic (exact) mass is 207 g/mol. The van der Waals surface area contributed by atoms with Crippen molar-refractivity contribution in [2.75, 3.05) is 21.3 Å². The predicted octanol–water partition coefficient (Wildman–Crippen LogP) is 1.41. The van der Waals surface area contributed by atoms with E-state index in [1.807, 2.05) is 18.2 Å². The van der Waals surface area contributed by atoms with Crippen molar-refractivity contribution in [1.29, 1.82) is 0 Å². The standard InChI is InChI=1S/C11H13NO3/c1-13-10-6-9-8(4-5-12-9)7-11(10,14-2)15-3/h4-7H,1-3H3. The summed E-state index contributed by atoms with van der Waals surface area (Å²) in [6, 6.07) is 0. The summed E-state index contributed by atoms with van der Waals surface area (Å²) < 4.78 is 16.0. The van der Waals surface area contributed by atoms with Crippen LogP contribution in [0.5, 0.6) is 0 Å². The molecule has 15 heavy (non-hydrogen) atoms. The van der Waals surface area contributed by atoms with E-state index in [0.717, 1.165) is 11.3 Å². The quantitative estimate of drug-likeness (QED) is 0.657. The minimum absolute atomic E-state index is 0.596. The van der Waals surface area contributed by atoms with Gasteiger partial charge in [-0.05, 0) is 12.2 Å². The molecule has 0 amide bonds. The van der Waals surface area contributed by atoms with Gasteiger partial charge in [0.15, 0.2) is 5.76 Å². The number of aliphatic imine (C=N–C) groups is 1. The first-order chi connectivity index (χ1) is 7.25. The van der Waals surface area contributed by atoms with E-state index in [9.17, 15) is 0 Å². The van der Waals surface area contributed by atoms with Gasteiger partial charge in [0, 0.05) is 32.1 Å². The van der Waals surface area contributed by atoms with Crippen LogP contribution in [0.15, 0.2) is 40.8 Å². The van der Waals surface area contributed by atoms with E-state index in [2.05, 4.69) is 4.99 Å². The van der Waals surface area contributed by atoms with Gasteiger partial charge < -0.3 is 14.2 Å². The molecule has 2 rings (SSSR count). The fourth-order valence-corrected chi connectivity index (χ4v) is 1.70. The highest BCUT2D eigenvalue weighted by molar-refractivity contribution is 6.13. The zero-order valence-electron chi connectivity index (χ0n) is 8.98. The van der Waals surface area contributed by atoms with Crippen LogP contribution in [0.3, 0.4) is 0 Å². The van der Waals surface area contributed by atoms with Crippen LogP contribution in [-0.4, -0.2) is 32.8 Å². The van der Waals surface area contributed by atoms with Crippen LogP contribution in [-0.2, 0) is 14.2 Å². The molecule has 1 heterocycles. The van der Waals surface area contributed by atoms with Gasteiger partial charge in [-0.2, -0.15) is 0 Å². The third kappa shape index (κ3) is 1.42. The van der Waals surface area contributed by atoms with Gasteiger partial charge in [-0.1, -0.05) is 0 Å². The number of nitrogens with zero attached hydrogens (tertiary/aromatic N) is 1. The van der Waals surface area contributed by atoms with Crippen molar-refractivity contribution in [1.82, 2.24) is 0 Å². The fourth-order valence-electron chi connectivity index (χ4n) is 1.70. The lowest BCUT2D eigenvalue weighted by atomic mass is 9.99. The Morgan fingerprint density at radius 2 is 1.93 bits per heavy atom. The first kappa shape index (κ1) is 10.1. The van der Waals surface area contributed by atoms with Crippen LogP contribution < -0.4 is 0 Å². The van der Waals surface area contributed by atoms with E-state index < -0.39 is 5.79 Å². The fraction of sp³-hybridized carbons (Fsp3) is 0.364. The van der Waals surface area contributed by atoms with E-state index in [4.69, 9.17) is 14.2 Å². The molecule has 0 aromatic heterocycles. The average Bonchev–Trinajstić information content (AvgIpc) is 2.73. The Morgan fingerprint density at radius 1 is 1.20 bits per heavy atom. The van der Waals surface area contributed by atoms with Gasteiger partial charge in [-0.25, -0.2) is 0 Å². The topological polar surface area (TPSA) is 40.0 Å². The molecule has 0 spiro atoms. The molecule has 1 aliphatic heterocycles. The molecule has 0 unspecified atom stereocenters. The number of hydrogen-bond donors (Lipinski definition) is 0. The summed E-state index contributed by atoms with van der Waals surface area (Å²) in [4.78, 5) is 4.19.